The van der Waals surface area contributed by atoms with Gasteiger partial charge in [-0.15, -0.1) is 0 Å². The molecule has 2 atom stereocenters. The van der Waals surface area contributed by atoms with Crippen LogP contribution in [-0.4, -0.2) is 65.7 Å². The number of carbonyl (C=O) groups is 1. The lowest BCUT2D eigenvalue weighted by atomic mass is 9.80. The molecule has 2 aromatic rings. The summed E-state index contributed by atoms with van der Waals surface area (Å²) in [6, 6.07) is 3.71. The molecule has 0 saturated carbocycles. The van der Waals surface area contributed by atoms with Crippen LogP contribution in [0.25, 0.3) is 11.4 Å². The van der Waals surface area contributed by atoms with Crippen LogP contribution in [-0.2, 0) is 11.2 Å². The minimum absolute atomic E-state index is 0.124. The van der Waals surface area contributed by atoms with E-state index in [1.807, 2.05) is 12.1 Å². The zero-order valence-electron chi connectivity index (χ0n) is 14.2. The molecule has 2 N–H and O–H groups in total. The number of nitrogens with one attached hydrogen (secondary N) is 2. The van der Waals surface area contributed by atoms with Gasteiger partial charge in [-0.3, -0.25) is 9.78 Å². The van der Waals surface area contributed by atoms with Gasteiger partial charge in [0.25, 0.3) is 0 Å². The van der Waals surface area contributed by atoms with Crippen molar-refractivity contribution in [1.29, 1.82) is 0 Å². The molecule has 0 aromatic carbocycles. The highest BCUT2D eigenvalue weighted by Crippen LogP contribution is 2.38. The highest BCUT2D eigenvalue weighted by molar-refractivity contribution is 5.84. The first-order chi connectivity index (χ1) is 12.2. The quantitative estimate of drug-likeness (QED) is 0.786. The van der Waals surface area contributed by atoms with Crippen LogP contribution in [0.15, 0.2) is 29.0 Å². The van der Waals surface area contributed by atoms with Crippen molar-refractivity contribution in [2.24, 2.45) is 11.3 Å². The summed E-state index contributed by atoms with van der Waals surface area (Å²) in [7, 11) is 2.08. The van der Waals surface area contributed by atoms with Crippen molar-refractivity contribution >= 4 is 5.91 Å². The van der Waals surface area contributed by atoms with Crippen LogP contribution < -0.4 is 10.6 Å². The van der Waals surface area contributed by atoms with Gasteiger partial charge in [-0.1, -0.05) is 5.16 Å². The number of hydrogen-bond donors (Lipinski definition) is 2. The fraction of sp³-hybridized carbons (Fsp3) is 0.529. The molecule has 2 fully saturated rings. The Morgan fingerprint density at radius 1 is 1.56 bits per heavy atom. The van der Waals surface area contributed by atoms with Crippen LogP contribution in [0.1, 0.15) is 5.89 Å². The van der Waals surface area contributed by atoms with E-state index in [0.29, 0.717) is 30.6 Å². The zero-order valence-corrected chi connectivity index (χ0v) is 14.2. The van der Waals surface area contributed by atoms with Gasteiger partial charge in [-0.2, -0.15) is 4.98 Å². The van der Waals surface area contributed by atoms with Gasteiger partial charge >= 0.3 is 0 Å². The van der Waals surface area contributed by atoms with Gasteiger partial charge in [0.05, 0.1) is 5.41 Å². The third kappa shape index (κ3) is 3.03. The van der Waals surface area contributed by atoms with Crippen LogP contribution in [0.2, 0.25) is 0 Å². The molecule has 4 rings (SSSR count). The Labute approximate surface area is 146 Å². The van der Waals surface area contributed by atoms with Gasteiger partial charge < -0.3 is 20.1 Å². The number of fused-ring (bicyclic) bond motifs is 1. The molecule has 132 valence electrons. The standard InChI is InChI=1S/C17H22N6O2/c1-23-9-13-8-19-10-17(13,11-23)16(24)20-6-4-14-21-15(22-25-14)12-3-2-5-18-7-12/h2-3,5,7,13,19H,4,6,8-11H2,1H3,(H,20,24)/t13-,17-/m1/s1. The zero-order chi connectivity index (χ0) is 17.3. The Morgan fingerprint density at radius 2 is 2.48 bits per heavy atom. The second kappa shape index (κ2) is 6.53. The normalized spacial score (nSPS) is 25.9. The maximum absolute atomic E-state index is 12.8. The summed E-state index contributed by atoms with van der Waals surface area (Å²) < 4.78 is 5.27. The number of hydrogen-bond acceptors (Lipinski definition) is 7. The lowest BCUT2D eigenvalue weighted by molar-refractivity contribution is -0.130. The van der Waals surface area contributed by atoms with E-state index >= 15 is 0 Å². The smallest absolute Gasteiger partial charge is 0.229 e. The van der Waals surface area contributed by atoms with Crippen LogP contribution in [0.3, 0.4) is 0 Å². The molecule has 2 aromatic heterocycles. The third-order valence-electron chi connectivity index (χ3n) is 5.16. The average Bonchev–Trinajstić information content (AvgIpc) is 3.30. The van der Waals surface area contributed by atoms with Crippen LogP contribution >= 0.6 is 0 Å². The Hall–Kier alpha value is -2.32. The van der Waals surface area contributed by atoms with Crippen molar-refractivity contribution in [2.75, 3.05) is 39.8 Å². The van der Waals surface area contributed by atoms with Gasteiger partial charge in [0, 0.05) is 63.0 Å². The summed E-state index contributed by atoms with van der Waals surface area (Å²) in [4.78, 5) is 23.4. The number of rotatable bonds is 5. The van der Waals surface area contributed by atoms with Gasteiger partial charge in [-0.25, -0.2) is 0 Å². The molecule has 8 nitrogen and oxygen atoms in total. The molecule has 8 heteroatoms. The van der Waals surface area contributed by atoms with Gasteiger partial charge in [0.2, 0.25) is 17.6 Å². The summed E-state index contributed by atoms with van der Waals surface area (Å²) in [5, 5.41) is 10.4. The predicted molar refractivity (Wildman–Crippen MR) is 90.5 cm³/mol. The minimum Gasteiger partial charge on any atom is -0.355 e. The first-order valence-electron chi connectivity index (χ1n) is 8.58. The molecular weight excluding hydrogens is 320 g/mol. The predicted octanol–water partition coefficient (Wildman–Crippen LogP) is -0.0585. The Kier molecular flexibility index (Phi) is 4.22. The van der Waals surface area contributed by atoms with E-state index in [4.69, 9.17) is 4.52 Å². The van der Waals surface area contributed by atoms with E-state index < -0.39 is 0 Å². The monoisotopic (exact) mass is 342 g/mol. The van der Waals surface area contributed by atoms with E-state index in [2.05, 4.69) is 37.7 Å². The molecule has 0 unspecified atom stereocenters. The Balaban J connectivity index is 1.34. The largest absolute Gasteiger partial charge is 0.355 e. The van der Waals surface area contributed by atoms with Crippen LogP contribution in [0.5, 0.6) is 0 Å². The van der Waals surface area contributed by atoms with Crippen molar-refractivity contribution in [3.05, 3.63) is 30.4 Å². The van der Waals surface area contributed by atoms with Crippen molar-refractivity contribution in [1.82, 2.24) is 30.7 Å². The number of pyridine rings is 1. The molecule has 0 radical (unpaired) electrons. The molecule has 0 aliphatic carbocycles. The Bertz CT molecular complexity index is 749. The molecule has 2 aliphatic heterocycles. The van der Waals surface area contributed by atoms with Crippen molar-refractivity contribution < 1.29 is 9.32 Å². The summed E-state index contributed by atoms with van der Waals surface area (Å²) >= 11 is 0. The summed E-state index contributed by atoms with van der Waals surface area (Å²) in [6.07, 6.45) is 3.91. The number of amides is 1. The minimum atomic E-state index is -0.301. The first-order valence-corrected chi connectivity index (χ1v) is 8.58. The summed E-state index contributed by atoms with van der Waals surface area (Å²) in [5.41, 5.74) is 0.513. The van der Waals surface area contributed by atoms with Crippen molar-refractivity contribution in [2.45, 2.75) is 6.42 Å². The van der Waals surface area contributed by atoms with Gasteiger partial charge in [0.1, 0.15) is 0 Å². The van der Waals surface area contributed by atoms with Crippen molar-refractivity contribution in [3.8, 4) is 11.4 Å². The number of carbonyl (C=O) groups excluding carboxylic acids is 1. The molecule has 1 amide bonds. The van der Waals surface area contributed by atoms with Gasteiger partial charge in [-0.05, 0) is 19.2 Å². The summed E-state index contributed by atoms with van der Waals surface area (Å²) in [6.45, 7) is 3.93. The molecule has 0 bridgehead atoms. The van der Waals surface area contributed by atoms with Gasteiger partial charge in [0.15, 0.2) is 0 Å². The number of likely N-dealkylation sites (tertiary alicyclic amines) is 1. The number of nitrogens with zero attached hydrogens (tertiary/aromatic N) is 4. The van der Waals surface area contributed by atoms with E-state index in [0.717, 1.165) is 31.7 Å². The van der Waals surface area contributed by atoms with Crippen molar-refractivity contribution in [3.63, 3.8) is 0 Å². The summed E-state index contributed by atoms with van der Waals surface area (Å²) in [5.74, 6) is 1.55. The van der Waals surface area contributed by atoms with E-state index in [-0.39, 0.29) is 11.3 Å². The fourth-order valence-electron chi connectivity index (χ4n) is 3.92. The average molecular weight is 342 g/mol. The number of aromatic nitrogens is 3. The molecule has 4 heterocycles. The molecule has 25 heavy (non-hydrogen) atoms. The third-order valence-corrected chi connectivity index (χ3v) is 5.16. The maximum Gasteiger partial charge on any atom is 0.229 e. The first kappa shape index (κ1) is 16.2. The topological polar surface area (TPSA) is 96.2 Å². The molecule has 0 spiro atoms. The molecule has 2 aliphatic rings. The fourth-order valence-corrected chi connectivity index (χ4v) is 3.92. The highest BCUT2D eigenvalue weighted by Gasteiger charge is 2.53. The Morgan fingerprint density at radius 3 is 3.32 bits per heavy atom. The lowest BCUT2D eigenvalue weighted by Crippen LogP contribution is -2.47. The van der Waals surface area contributed by atoms with E-state index in [1.165, 1.54) is 0 Å². The molecular formula is C17H22N6O2. The highest BCUT2D eigenvalue weighted by atomic mass is 16.5. The SMILES string of the molecule is CN1C[C@H]2CNC[C@@]2(C(=O)NCCc2nc(-c3cccnc3)no2)C1. The maximum atomic E-state index is 12.8. The lowest BCUT2D eigenvalue weighted by Gasteiger charge is -2.26. The van der Waals surface area contributed by atoms with E-state index in [1.54, 1.807) is 12.4 Å². The van der Waals surface area contributed by atoms with E-state index in [9.17, 15) is 4.79 Å². The molecule has 2 saturated heterocycles. The van der Waals surface area contributed by atoms with Crippen LogP contribution in [0.4, 0.5) is 0 Å². The second-order valence-electron chi connectivity index (χ2n) is 6.94. The second-order valence-corrected chi connectivity index (χ2v) is 6.94. The van der Waals surface area contributed by atoms with Crippen LogP contribution in [0, 0.1) is 11.3 Å².